The number of benzene rings is 1. The molecule has 8 rings (SSSR count). The number of aromatic amines is 1. The van der Waals surface area contributed by atoms with E-state index >= 15 is 0 Å². The van der Waals surface area contributed by atoms with E-state index in [0.717, 1.165) is 22.9 Å². The summed E-state index contributed by atoms with van der Waals surface area (Å²) < 4.78 is 71.0. The van der Waals surface area contributed by atoms with Crippen LogP contribution in [0.3, 0.4) is 0 Å². The van der Waals surface area contributed by atoms with Gasteiger partial charge in [-0.2, -0.15) is 16.7 Å². The number of carbonyl (C=O) groups excluding carboxylic acids is 6. The van der Waals surface area contributed by atoms with Crippen LogP contribution in [0.5, 0.6) is 0 Å². The number of aliphatic imine (C=N–C) groups is 1. The molecule has 4 unspecified atom stereocenters. The predicted molar refractivity (Wildman–Crippen MR) is 417 cm³/mol. The zero-order chi connectivity index (χ0) is 82.6. The zero-order valence-corrected chi connectivity index (χ0v) is 67.0. The van der Waals surface area contributed by atoms with Gasteiger partial charge in [0, 0.05) is 74.4 Å². The van der Waals surface area contributed by atoms with Crippen LogP contribution in [0.1, 0.15) is 126 Å². The molecule has 7 heterocycles. The third-order valence-electron chi connectivity index (χ3n) is 19.7. The van der Waals surface area contributed by atoms with Gasteiger partial charge in [0.2, 0.25) is 23.7 Å². The fourth-order valence-electron chi connectivity index (χ4n) is 13.3. The van der Waals surface area contributed by atoms with Crippen molar-refractivity contribution in [1.29, 1.82) is 0 Å². The van der Waals surface area contributed by atoms with Crippen LogP contribution in [0.25, 0.3) is 17.2 Å². The number of hydrogen-bond donors (Lipinski definition) is 12. The van der Waals surface area contributed by atoms with Crippen LogP contribution in [0, 0.1) is 24.7 Å². The molecule has 36 nitrogen and oxygen atoms in total. The number of aromatic nitrogens is 5. The van der Waals surface area contributed by atoms with Crippen molar-refractivity contribution in [2.24, 2.45) is 34.2 Å². The highest BCUT2D eigenvalue weighted by atomic mass is 32.2. The van der Waals surface area contributed by atoms with Crippen molar-refractivity contribution in [3.63, 3.8) is 0 Å². The Balaban J connectivity index is 0.851. The molecule has 4 amide bonds. The molecule has 616 valence electrons. The number of aliphatic carboxylic acids is 3. The second-order valence-corrected chi connectivity index (χ2v) is 37.2. The smallest absolute Gasteiger partial charge is 0.338 e. The lowest BCUT2D eigenvalue weighted by Crippen LogP contribution is -2.56. The molecule has 113 heavy (non-hydrogen) atoms. The van der Waals surface area contributed by atoms with E-state index in [1.54, 1.807) is 20.3 Å². The van der Waals surface area contributed by atoms with Gasteiger partial charge in [-0.15, -0.1) is 0 Å². The van der Waals surface area contributed by atoms with Gasteiger partial charge in [-0.3, -0.25) is 43.5 Å². The first kappa shape index (κ1) is 88.6. The Morgan fingerprint density at radius 1 is 0.885 bits per heavy atom. The predicted octanol–water partition coefficient (Wildman–Crippen LogP) is 3.76. The lowest BCUT2D eigenvalue weighted by Gasteiger charge is -2.37. The van der Waals surface area contributed by atoms with Crippen molar-refractivity contribution in [2.75, 3.05) is 47.7 Å². The first-order valence-electron chi connectivity index (χ1n) is 37.0. The maximum Gasteiger partial charge on any atom is 0.338 e. The van der Waals surface area contributed by atoms with E-state index in [0.29, 0.717) is 41.9 Å². The van der Waals surface area contributed by atoms with Gasteiger partial charge >= 0.3 is 29.8 Å². The quantitative estimate of drug-likeness (QED) is 0.00442. The minimum Gasteiger partial charge on any atom is -0.481 e. The van der Waals surface area contributed by atoms with Gasteiger partial charge in [-0.05, 0) is 126 Å². The van der Waals surface area contributed by atoms with E-state index in [4.69, 9.17) is 49.7 Å². The number of thioether (sulfide) groups is 1. The summed E-state index contributed by atoms with van der Waals surface area (Å²) in [7, 11) is -5.12. The molecule has 39 heteroatoms. The number of sulfone groups is 1. The number of nitrogens with one attached hydrogen (secondary N) is 6. The number of ether oxygens (including phenoxy) is 5. The van der Waals surface area contributed by atoms with E-state index in [2.05, 4.69) is 56.5 Å². The molecule has 2 bridgehead atoms. The molecule has 4 aliphatic rings. The number of rotatable bonds is 39. The lowest BCUT2D eigenvalue weighted by molar-refractivity contribution is -0.159. The van der Waals surface area contributed by atoms with Crippen molar-refractivity contribution in [2.45, 2.75) is 204 Å². The minimum absolute atomic E-state index is 0.0263. The topological polar surface area (TPSA) is 559 Å². The number of carbonyl (C=O) groups is 9. The normalized spacial score (nSPS) is 23.3. The van der Waals surface area contributed by atoms with Gasteiger partial charge < -0.3 is 91.6 Å². The molecule has 3 fully saturated rings. The Labute approximate surface area is 657 Å². The molecule has 0 aliphatic carbocycles. The van der Waals surface area contributed by atoms with Crippen LogP contribution in [0.15, 0.2) is 92.5 Å². The summed E-state index contributed by atoms with van der Waals surface area (Å²) >= 11 is 0.882. The number of nitrogen functional groups attached to an aromatic ring is 1. The molecular formula is C74H102N14O22S2Si. The summed E-state index contributed by atoms with van der Waals surface area (Å²) in [5, 5.41) is 42.5. The third kappa shape index (κ3) is 27.1. The first-order valence-corrected chi connectivity index (χ1v) is 43.1. The number of oxazole rings is 1. The van der Waals surface area contributed by atoms with Crippen molar-refractivity contribution in [1.82, 2.24) is 46.2 Å². The van der Waals surface area contributed by atoms with Gasteiger partial charge in [0.05, 0.1) is 54.7 Å². The molecule has 0 radical (unpaired) electrons. The van der Waals surface area contributed by atoms with Crippen molar-refractivity contribution < 1.29 is 99.4 Å². The molecule has 0 saturated carbocycles. The summed E-state index contributed by atoms with van der Waals surface area (Å²) in [6.07, 6.45) is 9.44. The summed E-state index contributed by atoms with van der Waals surface area (Å²) in [6.45, 7) is 15.4. The molecular weight excluding hydrogens is 1530 g/mol. The van der Waals surface area contributed by atoms with Gasteiger partial charge in [0.25, 0.3) is 11.5 Å². The highest BCUT2D eigenvalue weighted by molar-refractivity contribution is 8.00. The highest BCUT2D eigenvalue weighted by Gasteiger charge is 2.60. The fraction of sp³-hybridized carbons (Fsp3) is 0.554. The number of carboxylic acids is 3. The van der Waals surface area contributed by atoms with Gasteiger partial charge in [-0.25, -0.2) is 37.8 Å². The molecule has 0 spiro atoms. The largest absolute Gasteiger partial charge is 0.481 e. The number of allylic oxidation sites excluding steroid dienone is 4. The standard InChI is InChI=1S/C74H102N14O22S2Si/c1-39(29-47-37-105-43(5)81-47)13-10-14-41(3)62(104-7)42(4)54-34-57(74(6)56(109-74)22-16-40(2)53-30-44(32-60(92)106-53)31-55-63(107-55)71(101)108-54)110-113(8,9)28-12-26-112(102,103)27-25-111-38-52(70(99)100)86-67(95)51(33-59(90)91)85-66(94)49(15-11-24-78-72(75)76)83-58(89)23-21-50(69(97)98)84-65(93)45-17-19-46(20-18-45)79-35-48-36-80-64-61(82-48)68(96)88-73(77)87-64/h10,13-14,16-20,22,29,36-37,40,42,44,49-57,62-63,79H,11-12,15,21,23-28,30-35,38H2,1-9H3,(H,83,89)(H,84,93)(H,85,94)(H,86,95)(H,90,91)(H,97,98)(H,99,100)(H4,75,76,78)(H3,77,80,87,88,96)/b13-10+,22-16+,39-29+,41-14+/t40-,42+,44+,49?,50?,51?,52?,53-,54+,55-,56-,57+,62-,63-,74+/m1/s1. The average molecular weight is 1630 g/mol. The van der Waals surface area contributed by atoms with Crippen LogP contribution in [0.2, 0.25) is 19.1 Å². The van der Waals surface area contributed by atoms with Gasteiger partial charge in [-0.1, -0.05) is 44.2 Å². The van der Waals surface area contributed by atoms with Crippen LogP contribution in [-0.2, 0) is 82.8 Å². The van der Waals surface area contributed by atoms with Crippen molar-refractivity contribution in [3.8, 4) is 0 Å². The molecule has 3 saturated heterocycles. The summed E-state index contributed by atoms with van der Waals surface area (Å²) in [5.41, 5.74) is 18.4. The lowest BCUT2D eigenvalue weighted by atomic mass is 9.84. The number of aryl methyl sites for hydroxylation is 1. The monoisotopic (exact) mass is 1630 g/mol. The zero-order valence-electron chi connectivity index (χ0n) is 64.4. The Morgan fingerprint density at radius 2 is 1.59 bits per heavy atom. The van der Waals surface area contributed by atoms with Gasteiger partial charge in [0.1, 0.15) is 60.0 Å². The molecule has 15 N–H and O–H groups in total. The number of guanidine groups is 1. The molecule has 1 aromatic carbocycles. The summed E-state index contributed by atoms with van der Waals surface area (Å²) in [6, 6.07) is -0.630. The number of amides is 4. The number of methoxy groups -OCH3 is 1. The number of H-pyrrole nitrogens is 1. The summed E-state index contributed by atoms with van der Waals surface area (Å²) in [5.74, 6) is -11.4. The second kappa shape index (κ2) is 40.2. The van der Waals surface area contributed by atoms with Crippen LogP contribution in [-0.4, -0.2) is 226 Å². The van der Waals surface area contributed by atoms with Crippen LogP contribution < -0.4 is 49.3 Å². The number of epoxide rings is 2. The van der Waals surface area contributed by atoms with Crippen LogP contribution in [0.4, 0.5) is 11.6 Å². The summed E-state index contributed by atoms with van der Waals surface area (Å²) in [4.78, 5) is 154. The molecule has 3 aromatic heterocycles. The molecule has 15 atom stereocenters. The van der Waals surface area contributed by atoms with Gasteiger partial charge in [0.15, 0.2) is 47.3 Å². The van der Waals surface area contributed by atoms with E-state index in [1.807, 2.05) is 84.2 Å². The first-order chi connectivity index (χ1) is 53.4. The molecule has 4 aromatic rings. The Bertz CT molecular complexity index is 4440. The third-order valence-corrected chi connectivity index (χ3v) is 25.2. The maximum absolute atomic E-state index is 14.3. The van der Waals surface area contributed by atoms with Crippen molar-refractivity contribution in [3.05, 3.63) is 111 Å². The second-order valence-electron chi connectivity index (χ2n) is 29.4. The number of fused-ring (bicyclic) bond motifs is 5. The molecule has 4 aliphatic heterocycles. The Kier molecular flexibility index (Phi) is 31.5. The number of nitrogens with two attached hydrogens (primary N) is 3. The van der Waals surface area contributed by atoms with Crippen LogP contribution >= 0.6 is 11.8 Å². The average Bonchev–Trinajstić information content (AvgIpc) is 1.59. The van der Waals surface area contributed by atoms with E-state index in [1.165, 1.54) is 30.5 Å². The fourth-order valence-corrected chi connectivity index (χ4v) is 18.7. The highest BCUT2D eigenvalue weighted by Crippen LogP contribution is 2.47. The Hall–Kier alpha value is -9.93. The minimum atomic E-state index is -3.81. The number of carboxylic acid groups (broad SMARTS) is 3. The number of anilines is 2. The van der Waals surface area contributed by atoms with E-state index in [-0.39, 0.29) is 103 Å². The van der Waals surface area contributed by atoms with E-state index < -0.39 is 180 Å². The SMILES string of the molecule is CO[C@H](/C(C)=C/C=C/C(C)=C/c1coc(C)n1)[C@@H](C)[C@@H]1C[C@H](O[Si](C)(C)CCCS(=O)(=O)CCSCC(NC(=O)C(CC(=O)O)NC(=O)C(CCCN=C(N)N)NC(=O)CCC(NC(=O)c2ccc(NCc3cnc4nc(N)[nH]c(=O)c4n3)cc2)C(=O)O)C(=O)O)[C@@]2(C)O[C@@H]2/C=C/[C@@H](C)[C@H]2C[C@H](CC(=O)O2)C[C@H]2O[C@H]2C(=O)O1. The number of nitrogens with zero attached hydrogens (tertiary/aromatic N) is 5. The van der Waals surface area contributed by atoms with Crippen molar-refractivity contribution >= 4 is 118 Å². The maximum atomic E-state index is 14.3. The number of esters is 2. The number of cyclic esters (lactones) is 1. The number of hydrogen-bond acceptors (Lipinski definition) is 27. The van der Waals surface area contributed by atoms with E-state index in [9.17, 15) is 71.7 Å². The Morgan fingerprint density at radius 3 is 2.27 bits per heavy atom.